The van der Waals surface area contributed by atoms with E-state index in [9.17, 15) is 4.39 Å². The fourth-order valence-corrected chi connectivity index (χ4v) is 1.67. The van der Waals surface area contributed by atoms with Gasteiger partial charge in [0.05, 0.1) is 0 Å². The molecule has 0 fully saturated rings. The van der Waals surface area contributed by atoms with E-state index in [1.807, 2.05) is 19.1 Å². The zero-order valence-corrected chi connectivity index (χ0v) is 11.1. The van der Waals surface area contributed by atoms with E-state index in [1.54, 1.807) is 25.3 Å². The van der Waals surface area contributed by atoms with Gasteiger partial charge in [0.1, 0.15) is 24.0 Å². The summed E-state index contributed by atoms with van der Waals surface area (Å²) in [5.74, 6) is 1.10. The Morgan fingerprint density at radius 2 is 2.11 bits per heavy atom. The first-order valence-corrected chi connectivity index (χ1v) is 6.27. The Bertz CT molecular complexity index is 558. The van der Waals surface area contributed by atoms with Crippen LogP contribution in [0.1, 0.15) is 18.1 Å². The topological polar surface area (TPSA) is 34.1 Å². The molecule has 0 radical (unpaired) electrons. The lowest BCUT2D eigenvalue weighted by molar-refractivity contribution is 0.304. The molecule has 19 heavy (non-hydrogen) atoms. The maximum atomic E-state index is 13.4. The standard InChI is InChI=1S/C15H17FN2O/c1-3-17-15-8-12(6-7-18-15)10-19-13-5-4-11(2)14(16)9-13/h4-9H,3,10H2,1-2H3,(H,17,18). The van der Waals surface area contributed by atoms with Crippen molar-refractivity contribution in [2.24, 2.45) is 0 Å². The van der Waals surface area contributed by atoms with Crippen molar-refractivity contribution in [1.29, 1.82) is 0 Å². The lowest BCUT2D eigenvalue weighted by Gasteiger charge is -2.08. The molecule has 0 bridgehead atoms. The van der Waals surface area contributed by atoms with E-state index in [4.69, 9.17) is 4.74 Å². The van der Waals surface area contributed by atoms with Crippen LogP contribution in [-0.2, 0) is 6.61 Å². The summed E-state index contributed by atoms with van der Waals surface area (Å²) >= 11 is 0. The van der Waals surface area contributed by atoms with Gasteiger partial charge in [-0.2, -0.15) is 0 Å². The summed E-state index contributed by atoms with van der Waals surface area (Å²) in [5.41, 5.74) is 1.61. The second-order valence-electron chi connectivity index (χ2n) is 4.28. The molecule has 0 saturated heterocycles. The van der Waals surface area contributed by atoms with Crippen molar-refractivity contribution in [3.05, 3.63) is 53.5 Å². The van der Waals surface area contributed by atoms with Crippen molar-refractivity contribution in [3.8, 4) is 5.75 Å². The average Bonchev–Trinajstić information content (AvgIpc) is 2.41. The summed E-state index contributed by atoms with van der Waals surface area (Å²) in [4.78, 5) is 4.18. The molecule has 0 aliphatic carbocycles. The summed E-state index contributed by atoms with van der Waals surface area (Å²) in [5, 5.41) is 3.14. The normalized spacial score (nSPS) is 10.3. The lowest BCUT2D eigenvalue weighted by atomic mass is 10.2. The Morgan fingerprint density at radius 1 is 1.26 bits per heavy atom. The molecule has 1 aromatic heterocycles. The highest BCUT2D eigenvalue weighted by Crippen LogP contribution is 2.17. The third kappa shape index (κ3) is 3.68. The maximum absolute atomic E-state index is 13.4. The first-order chi connectivity index (χ1) is 9.19. The highest BCUT2D eigenvalue weighted by molar-refractivity contribution is 5.37. The molecule has 0 aliphatic rings. The third-order valence-corrected chi connectivity index (χ3v) is 2.73. The molecule has 3 nitrogen and oxygen atoms in total. The predicted molar refractivity (Wildman–Crippen MR) is 73.9 cm³/mol. The van der Waals surface area contributed by atoms with Gasteiger partial charge in [-0.1, -0.05) is 6.07 Å². The number of anilines is 1. The van der Waals surface area contributed by atoms with Crippen molar-refractivity contribution >= 4 is 5.82 Å². The molecule has 0 unspecified atom stereocenters. The van der Waals surface area contributed by atoms with Gasteiger partial charge in [-0.05, 0) is 43.2 Å². The number of nitrogens with zero attached hydrogens (tertiary/aromatic N) is 1. The molecular formula is C15H17FN2O. The summed E-state index contributed by atoms with van der Waals surface area (Å²) < 4.78 is 18.9. The second kappa shape index (κ2) is 6.18. The zero-order valence-electron chi connectivity index (χ0n) is 11.1. The number of aryl methyl sites for hydroxylation is 1. The Morgan fingerprint density at radius 3 is 2.84 bits per heavy atom. The van der Waals surface area contributed by atoms with E-state index in [1.165, 1.54) is 6.07 Å². The minimum Gasteiger partial charge on any atom is -0.489 e. The number of hydrogen-bond acceptors (Lipinski definition) is 3. The van der Waals surface area contributed by atoms with Gasteiger partial charge in [0.25, 0.3) is 0 Å². The quantitative estimate of drug-likeness (QED) is 0.892. The molecule has 0 saturated carbocycles. The highest BCUT2D eigenvalue weighted by atomic mass is 19.1. The van der Waals surface area contributed by atoms with Gasteiger partial charge < -0.3 is 10.1 Å². The van der Waals surface area contributed by atoms with E-state index in [-0.39, 0.29) is 5.82 Å². The van der Waals surface area contributed by atoms with Crippen LogP contribution in [0.15, 0.2) is 36.5 Å². The van der Waals surface area contributed by atoms with Crippen molar-refractivity contribution in [2.75, 3.05) is 11.9 Å². The average molecular weight is 260 g/mol. The van der Waals surface area contributed by atoms with Gasteiger partial charge in [-0.3, -0.25) is 0 Å². The second-order valence-corrected chi connectivity index (χ2v) is 4.28. The summed E-state index contributed by atoms with van der Waals surface area (Å²) in [7, 11) is 0. The molecule has 100 valence electrons. The number of ether oxygens (including phenoxy) is 1. The van der Waals surface area contributed by atoms with Gasteiger partial charge in [0.2, 0.25) is 0 Å². The largest absolute Gasteiger partial charge is 0.489 e. The van der Waals surface area contributed by atoms with Crippen LogP contribution >= 0.6 is 0 Å². The van der Waals surface area contributed by atoms with E-state index < -0.39 is 0 Å². The number of rotatable bonds is 5. The minimum atomic E-state index is -0.249. The number of nitrogens with one attached hydrogen (secondary N) is 1. The van der Waals surface area contributed by atoms with E-state index >= 15 is 0 Å². The SMILES string of the molecule is CCNc1cc(COc2ccc(C)c(F)c2)ccn1. The number of pyridine rings is 1. The van der Waals surface area contributed by atoms with Gasteiger partial charge in [0, 0.05) is 18.8 Å². The molecule has 0 aliphatic heterocycles. The van der Waals surface area contributed by atoms with Crippen LogP contribution in [0.3, 0.4) is 0 Å². The Hall–Kier alpha value is -2.10. The molecule has 0 atom stereocenters. The molecule has 2 aromatic rings. The van der Waals surface area contributed by atoms with Crippen molar-refractivity contribution < 1.29 is 9.13 Å². The van der Waals surface area contributed by atoms with Crippen LogP contribution in [0.4, 0.5) is 10.2 Å². The molecule has 2 rings (SSSR count). The number of halogens is 1. The summed E-state index contributed by atoms with van der Waals surface area (Å²) in [6.45, 7) is 4.95. The van der Waals surface area contributed by atoms with Gasteiger partial charge >= 0.3 is 0 Å². The Balaban J connectivity index is 2.01. The van der Waals surface area contributed by atoms with E-state index in [2.05, 4.69) is 10.3 Å². The molecule has 1 aromatic carbocycles. The van der Waals surface area contributed by atoms with Gasteiger partial charge in [0.15, 0.2) is 0 Å². The summed E-state index contributed by atoms with van der Waals surface area (Å²) in [6.07, 6.45) is 1.73. The van der Waals surface area contributed by atoms with E-state index in [0.717, 1.165) is 17.9 Å². The summed E-state index contributed by atoms with van der Waals surface area (Å²) in [6, 6.07) is 8.69. The number of benzene rings is 1. The fraction of sp³-hybridized carbons (Fsp3) is 0.267. The Labute approximate surface area is 112 Å². The Kier molecular flexibility index (Phi) is 4.34. The van der Waals surface area contributed by atoms with Crippen LogP contribution in [0.2, 0.25) is 0 Å². The fourth-order valence-electron chi connectivity index (χ4n) is 1.67. The number of hydrogen-bond donors (Lipinski definition) is 1. The smallest absolute Gasteiger partial charge is 0.129 e. The van der Waals surface area contributed by atoms with Crippen molar-refractivity contribution in [3.63, 3.8) is 0 Å². The van der Waals surface area contributed by atoms with Crippen molar-refractivity contribution in [1.82, 2.24) is 4.98 Å². The molecule has 4 heteroatoms. The maximum Gasteiger partial charge on any atom is 0.129 e. The highest BCUT2D eigenvalue weighted by Gasteiger charge is 2.02. The van der Waals surface area contributed by atoms with Crippen LogP contribution in [-0.4, -0.2) is 11.5 Å². The molecule has 0 amide bonds. The predicted octanol–water partition coefficient (Wildman–Crippen LogP) is 3.54. The minimum absolute atomic E-state index is 0.249. The first-order valence-electron chi connectivity index (χ1n) is 6.27. The van der Waals surface area contributed by atoms with E-state index in [0.29, 0.717) is 17.9 Å². The number of aromatic nitrogens is 1. The molecular weight excluding hydrogens is 243 g/mol. The van der Waals surface area contributed by atoms with Crippen LogP contribution in [0.5, 0.6) is 5.75 Å². The van der Waals surface area contributed by atoms with Gasteiger partial charge in [-0.25, -0.2) is 9.37 Å². The monoisotopic (exact) mass is 260 g/mol. The first kappa shape index (κ1) is 13.3. The van der Waals surface area contributed by atoms with Crippen LogP contribution in [0.25, 0.3) is 0 Å². The van der Waals surface area contributed by atoms with Gasteiger partial charge in [-0.15, -0.1) is 0 Å². The molecule has 1 heterocycles. The zero-order chi connectivity index (χ0) is 13.7. The van der Waals surface area contributed by atoms with Crippen molar-refractivity contribution in [2.45, 2.75) is 20.5 Å². The molecule has 0 spiro atoms. The van der Waals surface area contributed by atoms with Crippen LogP contribution < -0.4 is 10.1 Å². The lowest BCUT2D eigenvalue weighted by Crippen LogP contribution is -2.01. The molecule has 1 N–H and O–H groups in total. The van der Waals surface area contributed by atoms with Crippen LogP contribution in [0, 0.1) is 12.7 Å². The third-order valence-electron chi connectivity index (χ3n) is 2.73.